The van der Waals surface area contributed by atoms with Gasteiger partial charge in [-0.15, -0.1) is 12.4 Å². The molecule has 3 nitrogen and oxygen atoms in total. The van der Waals surface area contributed by atoms with Gasteiger partial charge in [0.1, 0.15) is 0 Å². The van der Waals surface area contributed by atoms with Gasteiger partial charge in [-0.25, -0.2) is 0 Å². The van der Waals surface area contributed by atoms with Crippen LogP contribution < -0.4 is 5.32 Å². The lowest BCUT2D eigenvalue weighted by Gasteiger charge is -2.31. The fourth-order valence-corrected chi connectivity index (χ4v) is 3.72. The maximum atomic E-state index is 12.5. The van der Waals surface area contributed by atoms with Crippen LogP contribution in [-0.4, -0.2) is 36.5 Å². The van der Waals surface area contributed by atoms with Gasteiger partial charge in [0.05, 0.1) is 0 Å². The monoisotopic (exact) mass is 316 g/mol. The second kappa shape index (κ2) is 8.38. The molecule has 2 fully saturated rings. The Morgan fingerprint density at radius 2 is 1.86 bits per heavy atom. The minimum absolute atomic E-state index is 0. The van der Waals surface area contributed by atoms with Gasteiger partial charge in [-0.05, 0) is 62.9 Å². The summed E-state index contributed by atoms with van der Waals surface area (Å²) in [5.41, 5.74) is 0.322. The van der Waals surface area contributed by atoms with Crippen molar-refractivity contribution in [3.63, 3.8) is 0 Å². The first-order valence-electron chi connectivity index (χ1n) is 8.46. The number of piperidine rings is 1. The number of nitrogens with zero attached hydrogens (tertiary/aromatic N) is 1. The molecule has 2 rings (SSSR count). The van der Waals surface area contributed by atoms with Gasteiger partial charge in [0.15, 0.2) is 0 Å². The average molecular weight is 317 g/mol. The summed E-state index contributed by atoms with van der Waals surface area (Å²) < 4.78 is 0. The van der Waals surface area contributed by atoms with E-state index in [9.17, 15) is 4.79 Å². The van der Waals surface area contributed by atoms with Crippen molar-refractivity contribution < 1.29 is 4.79 Å². The highest BCUT2D eigenvalue weighted by atomic mass is 35.5. The second-order valence-electron chi connectivity index (χ2n) is 7.88. The summed E-state index contributed by atoms with van der Waals surface area (Å²) in [7, 11) is 0. The summed E-state index contributed by atoms with van der Waals surface area (Å²) in [5, 5.41) is 3.39. The average Bonchev–Trinajstić information content (AvgIpc) is 2.83. The van der Waals surface area contributed by atoms with Gasteiger partial charge in [-0.2, -0.15) is 0 Å². The highest BCUT2D eigenvalue weighted by Gasteiger charge is 2.31. The van der Waals surface area contributed by atoms with E-state index in [0.717, 1.165) is 44.8 Å². The molecular weight excluding hydrogens is 284 g/mol. The van der Waals surface area contributed by atoms with Crippen LogP contribution in [0.5, 0.6) is 0 Å². The zero-order chi connectivity index (χ0) is 14.6. The van der Waals surface area contributed by atoms with Crippen LogP contribution >= 0.6 is 12.4 Å². The highest BCUT2D eigenvalue weighted by Crippen LogP contribution is 2.30. The molecule has 2 aliphatic rings. The zero-order valence-electron chi connectivity index (χ0n) is 14.0. The third-order valence-electron chi connectivity index (χ3n) is 4.77. The van der Waals surface area contributed by atoms with Crippen molar-refractivity contribution in [2.75, 3.05) is 19.6 Å². The fraction of sp³-hybridized carbons (Fsp3) is 0.941. The molecule has 4 heteroatoms. The molecule has 0 saturated carbocycles. The predicted molar refractivity (Wildman–Crippen MR) is 90.9 cm³/mol. The Morgan fingerprint density at radius 1 is 1.19 bits per heavy atom. The van der Waals surface area contributed by atoms with Crippen LogP contribution in [0.15, 0.2) is 0 Å². The fourth-order valence-electron chi connectivity index (χ4n) is 3.72. The molecular formula is C17H33ClN2O. The van der Waals surface area contributed by atoms with Crippen LogP contribution in [0.1, 0.15) is 65.7 Å². The molecule has 2 aliphatic heterocycles. The van der Waals surface area contributed by atoms with Crippen molar-refractivity contribution in [1.82, 2.24) is 10.2 Å². The van der Waals surface area contributed by atoms with Gasteiger partial charge < -0.3 is 10.2 Å². The lowest BCUT2D eigenvalue weighted by atomic mass is 9.87. The third-order valence-corrected chi connectivity index (χ3v) is 4.77. The highest BCUT2D eigenvalue weighted by molar-refractivity contribution is 5.85. The SMILES string of the molecule is CC(C)(C)CC1CCCN1C(=O)CCC1CCNCC1.Cl. The van der Waals surface area contributed by atoms with E-state index in [2.05, 4.69) is 31.0 Å². The number of amides is 1. The van der Waals surface area contributed by atoms with Crippen molar-refractivity contribution in [3.05, 3.63) is 0 Å². The molecule has 2 heterocycles. The summed E-state index contributed by atoms with van der Waals surface area (Å²) in [5.74, 6) is 1.18. The Labute approximate surface area is 136 Å². The maximum absolute atomic E-state index is 12.5. The number of likely N-dealkylation sites (tertiary alicyclic amines) is 1. The standard InChI is InChI=1S/C17H32N2O.ClH/c1-17(2,3)13-15-5-4-12-19(15)16(20)7-6-14-8-10-18-11-9-14;/h14-15,18H,4-13H2,1-3H3;1H. The molecule has 0 bridgehead atoms. The molecule has 1 N–H and O–H groups in total. The van der Waals surface area contributed by atoms with Gasteiger partial charge in [-0.3, -0.25) is 4.79 Å². The number of carbonyl (C=O) groups excluding carboxylic acids is 1. The molecule has 0 aliphatic carbocycles. The third kappa shape index (κ3) is 6.15. The van der Waals surface area contributed by atoms with E-state index < -0.39 is 0 Å². The van der Waals surface area contributed by atoms with Crippen molar-refractivity contribution in [1.29, 1.82) is 0 Å². The normalized spacial score (nSPS) is 24.0. The Kier molecular flexibility index (Phi) is 7.49. The molecule has 0 spiro atoms. The number of carbonyl (C=O) groups is 1. The Balaban J connectivity index is 0.00000220. The van der Waals surface area contributed by atoms with Crippen molar-refractivity contribution >= 4 is 18.3 Å². The second-order valence-corrected chi connectivity index (χ2v) is 7.88. The van der Waals surface area contributed by atoms with Gasteiger partial charge >= 0.3 is 0 Å². The molecule has 2 saturated heterocycles. The number of hydrogen-bond acceptors (Lipinski definition) is 2. The minimum Gasteiger partial charge on any atom is -0.340 e. The number of nitrogens with one attached hydrogen (secondary N) is 1. The summed E-state index contributed by atoms with van der Waals surface area (Å²) in [6.07, 6.45) is 7.91. The topological polar surface area (TPSA) is 32.3 Å². The van der Waals surface area contributed by atoms with E-state index in [0.29, 0.717) is 17.4 Å². The molecule has 0 aromatic rings. The molecule has 0 aromatic heterocycles. The predicted octanol–water partition coefficient (Wildman–Crippen LogP) is 3.62. The van der Waals surface area contributed by atoms with E-state index in [4.69, 9.17) is 0 Å². The van der Waals surface area contributed by atoms with Crippen molar-refractivity contribution in [2.45, 2.75) is 71.8 Å². The molecule has 1 atom stereocenters. The van der Waals surface area contributed by atoms with Gasteiger partial charge in [0, 0.05) is 19.0 Å². The van der Waals surface area contributed by atoms with Crippen LogP contribution in [0.2, 0.25) is 0 Å². The van der Waals surface area contributed by atoms with E-state index in [1.165, 1.54) is 25.7 Å². The van der Waals surface area contributed by atoms with Gasteiger partial charge in [0.25, 0.3) is 0 Å². The van der Waals surface area contributed by atoms with Crippen LogP contribution in [0.4, 0.5) is 0 Å². The molecule has 21 heavy (non-hydrogen) atoms. The molecule has 124 valence electrons. The van der Waals surface area contributed by atoms with E-state index >= 15 is 0 Å². The van der Waals surface area contributed by atoms with Gasteiger partial charge in [0.2, 0.25) is 5.91 Å². The summed E-state index contributed by atoms with van der Waals surface area (Å²) in [4.78, 5) is 14.7. The van der Waals surface area contributed by atoms with Crippen molar-refractivity contribution in [2.24, 2.45) is 11.3 Å². The van der Waals surface area contributed by atoms with E-state index in [1.54, 1.807) is 0 Å². The Hall–Kier alpha value is -0.280. The zero-order valence-corrected chi connectivity index (χ0v) is 14.8. The number of hydrogen-bond donors (Lipinski definition) is 1. The van der Waals surface area contributed by atoms with Gasteiger partial charge in [-0.1, -0.05) is 20.8 Å². The summed E-state index contributed by atoms with van der Waals surface area (Å²) >= 11 is 0. The summed E-state index contributed by atoms with van der Waals surface area (Å²) in [6, 6.07) is 0.496. The molecule has 0 radical (unpaired) electrons. The first-order chi connectivity index (χ1) is 9.46. The van der Waals surface area contributed by atoms with Crippen LogP contribution in [-0.2, 0) is 4.79 Å². The Bertz CT molecular complexity index is 321. The molecule has 0 aromatic carbocycles. The molecule has 1 unspecified atom stereocenters. The van der Waals surface area contributed by atoms with Crippen LogP contribution in [0.3, 0.4) is 0 Å². The molecule has 1 amide bonds. The Morgan fingerprint density at radius 3 is 2.48 bits per heavy atom. The first kappa shape index (κ1) is 18.8. The van der Waals surface area contributed by atoms with E-state index in [1.807, 2.05) is 0 Å². The van der Waals surface area contributed by atoms with E-state index in [-0.39, 0.29) is 12.4 Å². The summed E-state index contributed by atoms with van der Waals surface area (Å²) in [6.45, 7) is 10.1. The first-order valence-corrected chi connectivity index (χ1v) is 8.46. The van der Waals surface area contributed by atoms with Crippen LogP contribution in [0.25, 0.3) is 0 Å². The maximum Gasteiger partial charge on any atom is 0.222 e. The lowest BCUT2D eigenvalue weighted by molar-refractivity contribution is -0.132. The number of halogens is 1. The lowest BCUT2D eigenvalue weighted by Crippen LogP contribution is -2.38. The number of rotatable bonds is 4. The minimum atomic E-state index is 0. The quantitative estimate of drug-likeness (QED) is 0.859. The van der Waals surface area contributed by atoms with Crippen LogP contribution in [0, 0.1) is 11.3 Å². The van der Waals surface area contributed by atoms with Crippen molar-refractivity contribution in [3.8, 4) is 0 Å². The smallest absolute Gasteiger partial charge is 0.222 e. The largest absolute Gasteiger partial charge is 0.340 e.